The van der Waals surface area contributed by atoms with Gasteiger partial charge in [0.05, 0.1) is 35.3 Å². The molecule has 2 N–H and O–H groups in total. The molecule has 1 aliphatic heterocycles. The van der Waals surface area contributed by atoms with Crippen LogP contribution in [0.3, 0.4) is 0 Å². The molecule has 41 heavy (non-hydrogen) atoms. The highest BCUT2D eigenvalue weighted by Crippen LogP contribution is 2.48. The molecule has 214 valence electrons. The average Bonchev–Trinajstić information content (AvgIpc) is 3.89. The number of carbonyl (C=O) groups is 2. The van der Waals surface area contributed by atoms with E-state index < -0.39 is 27.8 Å². The Balaban J connectivity index is 1.24. The van der Waals surface area contributed by atoms with E-state index in [2.05, 4.69) is 28.4 Å². The smallest absolute Gasteiger partial charge is 0.305 e. The van der Waals surface area contributed by atoms with Crippen LogP contribution in [0.15, 0.2) is 65.6 Å². The lowest BCUT2D eigenvalue weighted by molar-refractivity contribution is -0.137. The highest BCUT2D eigenvalue weighted by Gasteiger charge is 2.30. The summed E-state index contributed by atoms with van der Waals surface area (Å²) in [6.07, 6.45) is 4.64. The van der Waals surface area contributed by atoms with Crippen LogP contribution < -0.4 is 15.0 Å². The van der Waals surface area contributed by atoms with Gasteiger partial charge in [-0.15, -0.1) is 0 Å². The van der Waals surface area contributed by atoms with Crippen LogP contribution in [0.2, 0.25) is 0 Å². The van der Waals surface area contributed by atoms with E-state index in [0.717, 1.165) is 11.4 Å². The highest BCUT2D eigenvalue weighted by atomic mass is 32.2. The molecule has 1 amide bonds. The largest absolute Gasteiger partial charge is 0.490 e. The summed E-state index contributed by atoms with van der Waals surface area (Å²) in [5, 5.41) is 12.3. The number of rotatable bonds is 10. The second-order valence-electron chi connectivity index (χ2n) is 11.2. The first kappa shape index (κ1) is 27.3. The van der Waals surface area contributed by atoms with Crippen molar-refractivity contribution in [2.45, 2.75) is 61.8 Å². The molecule has 0 radical (unpaired) electrons. The maximum Gasteiger partial charge on any atom is 0.305 e. The van der Waals surface area contributed by atoms with Gasteiger partial charge < -0.3 is 20.1 Å². The van der Waals surface area contributed by atoms with Crippen molar-refractivity contribution < 1.29 is 27.9 Å². The quantitative estimate of drug-likeness (QED) is 0.319. The van der Waals surface area contributed by atoms with Crippen LogP contribution in [0, 0.1) is 0 Å². The summed E-state index contributed by atoms with van der Waals surface area (Å²) in [6, 6.07) is 17.5. The number of fused-ring (bicyclic) bond motifs is 1. The lowest BCUT2D eigenvalue weighted by Crippen LogP contribution is -2.31. The molecule has 2 aliphatic carbocycles. The van der Waals surface area contributed by atoms with Crippen molar-refractivity contribution >= 4 is 33.1 Å². The number of aliphatic carboxylic acids is 1. The van der Waals surface area contributed by atoms with Crippen LogP contribution in [-0.4, -0.2) is 44.3 Å². The molecule has 0 aromatic heterocycles. The molecule has 6 rings (SSSR count). The minimum atomic E-state index is -3.39. The number of sulfone groups is 1. The second-order valence-corrected chi connectivity index (χ2v) is 13.5. The molecule has 0 bridgehead atoms. The maximum absolute atomic E-state index is 13.3. The summed E-state index contributed by atoms with van der Waals surface area (Å²) in [5.41, 5.74) is 5.76. The fraction of sp³-hybridized carbons (Fsp3) is 0.375. The predicted molar refractivity (Wildman–Crippen MR) is 156 cm³/mol. The molecule has 3 aromatic rings. The van der Waals surface area contributed by atoms with Crippen LogP contribution in [0.4, 0.5) is 11.4 Å². The van der Waals surface area contributed by atoms with E-state index in [-0.39, 0.29) is 17.1 Å². The number of nitrogens with one attached hydrogen (secondary N) is 1. The number of hydrogen-bond donors (Lipinski definition) is 2. The van der Waals surface area contributed by atoms with Crippen LogP contribution in [0.25, 0.3) is 0 Å². The molecule has 1 unspecified atom stereocenters. The number of nitrogens with zero attached hydrogens (tertiary/aromatic N) is 1. The van der Waals surface area contributed by atoms with Gasteiger partial charge in [-0.3, -0.25) is 9.59 Å². The van der Waals surface area contributed by atoms with Crippen molar-refractivity contribution in [2.24, 2.45) is 0 Å². The first-order chi connectivity index (χ1) is 19.7. The summed E-state index contributed by atoms with van der Waals surface area (Å²) >= 11 is 0. The summed E-state index contributed by atoms with van der Waals surface area (Å²) in [7, 11) is -3.39. The third-order valence-corrected chi connectivity index (χ3v) is 9.91. The minimum Gasteiger partial charge on any atom is -0.490 e. The van der Waals surface area contributed by atoms with Gasteiger partial charge in [-0.2, -0.15) is 0 Å². The fourth-order valence-corrected chi connectivity index (χ4v) is 6.38. The molecule has 3 aromatic carbocycles. The first-order valence-corrected chi connectivity index (χ1v) is 15.9. The number of amides is 1. The van der Waals surface area contributed by atoms with E-state index in [0.29, 0.717) is 41.9 Å². The van der Waals surface area contributed by atoms with E-state index in [1.54, 1.807) is 31.2 Å². The van der Waals surface area contributed by atoms with Crippen molar-refractivity contribution in [3.63, 3.8) is 0 Å². The van der Waals surface area contributed by atoms with Crippen LogP contribution in [-0.2, 0) is 14.6 Å². The summed E-state index contributed by atoms with van der Waals surface area (Å²) in [6.45, 7) is 2.76. The van der Waals surface area contributed by atoms with Gasteiger partial charge in [0.25, 0.3) is 5.91 Å². The van der Waals surface area contributed by atoms with Gasteiger partial charge in [0, 0.05) is 11.3 Å². The number of benzene rings is 3. The molecule has 0 saturated heterocycles. The van der Waals surface area contributed by atoms with Gasteiger partial charge in [0.1, 0.15) is 12.4 Å². The summed E-state index contributed by atoms with van der Waals surface area (Å²) < 4.78 is 30.3. The predicted octanol–water partition coefficient (Wildman–Crippen LogP) is 5.71. The number of ether oxygens (including phenoxy) is 1. The van der Waals surface area contributed by atoms with Gasteiger partial charge in [-0.05, 0) is 96.7 Å². The Morgan fingerprint density at radius 2 is 1.63 bits per heavy atom. The minimum absolute atomic E-state index is 0.0346. The topological polar surface area (TPSA) is 113 Å². The van der Waals surface area contributed by atoms with Gasteiger partial charge in [0.2, 0.25) is 0 Å². The Labute approximate surface area is 240 Å². The van der Waals surface area contributed by atoms with E-state index in [4.69, 9.17) is 4.74 Å². The van der Waals surface area contributed by atoms with Crippen LogP contribution >= 0.6 is 0 Å². The normalized spacial score (nSPS) is 17.3. The monoisotopic (exact) mass is 574 g/mol. The SMILES string of the molecule is CCS(=O)(=O)c1ccc(C(CC(=O)O)NC(=O)c2ccc3c(c2)OCCN3c2cc(C3CC3)cc(C3CC3)c2)cc1. The van der Waals surface area contributed by atoms with Crippen molar-refractivity contribution in [2.75, 3.05) is 23.8 Å². The molecule has 1 atom stereocenters. The highest BCUT2D eigenvalue weighted by molar-refractivity contribution is 7.91. The van der Waals surface area contributed by atoms with E-state index in [9.17, 15) is 23.1 Å². The summed E-state index contributed by atoms with van der Waals surface area (Å²) in [5.74, 6) is 0.376. The second kappa shape index (κ2) is 10.9. The Bertz CT molecular complexity index is 1560. The van der Waals surface area contributed by atoms with Crippen molar-refractivity contribution in [1.82, 2.24) is 5.32 Å². The average molecular weight is 575 g/mol. The first-order valence-electron chi connectivity index (χ1n) is 14.3. The van der Waals surface area contributed by atoms with Crippen molar-refractivity contribution in [3.8, 4) is 5.75 Å². The Kier molecular flexibility index (Phi) is 7.23. The maximum atomic E-state index is 13.3. The Hall–Kier alpha value is -3.85. The molecule has 9 heteroatoms. The molecule has 8 nitrogen and oxygen atoms in total. The standard InChI is InChI=1S/C32H34N2O6S/c1-2-41(38,39)27-10-7-22(8-11-27)28(19-31(35)36)33-32(37)23-9-12-29-30(18-23)40-14-13-34(29)26-16-24(20-3-4-20)15-25(17-26)21-5-6-21/h7-12,15-18,20-21,28H,2-6,13-14,19H2,1H3,(H,33,37)(H,35,36). The van der Waals surface area contributed by atoms with Crippen molar-refractivity contribution in [1.29, 1.82) is 0 Å². The molecular weight excluding hydrogens is 540 g/mol. The third kappa shape index (κ3) is 5.95. The molecule has 2 saturated carbocycles. The third-order valence-electron chi connectivity index (χ3n) is 8.16. The number of anilines is 2. The lowest BCUT2D eigenvalue weighted by Gasteiger charge is -2.32. The number of carboxylic acid groups (broad SMARTS) is 1. The lowest BCUT2D eigenvalue weighted by atomic mass is 10.0. The molecule has 0 spiro atoms. The number of carbonyl (C=O) groups excluding carboxylic acids is 1. The molecule has 2 fully saturated rings. The fourth-order valence-electron chi connectivity index (χ4n) is 5.49. The van der Waals surface area contributed by atoms with Crippen molar-refractivity contribution in [3.05, 3.63) is 82.9 Å². The zero-order chi connectivity index (χ0) is 28.7. The van der Waals surface area contributed by atoms with Gasteiger partial charge >= 0.3 is 5.97 Å². The number of hydrogen-bond acceptors (Lipinski definition) is 6. The number of carboxylic acids is 1. The van der Waals surface area contributed by atoms with Gasteiger partial charge in [0.15, 0.2) is 9.84 Å². The Morgan fingerprint density at radius 3 is 2.22 bits per heavy atom. The van der Waals surface area contributed by atoms with E-state index in [1.807, 2.05) is 6.07 Å². The van der Waals surface area contributed by atoms with Crippen LogP contribution in [0.5, 0.6) is 5.75 Å². The van der Waals surface area contributed by atoms with E-state index >= 15 is 0 Å². The summed E-state index contributed by atoms with van der Waals surface area (Å²) in [4.78, 5) is 27.3. The zero-order valence-corrected chi connectivity index (χ0v) is 23.8. The Morgan fingerprint density at radius 1 is 0.976 bits per heavy atom. The van der Waals surface area contributed by atoms with Crippen LogP contribution in [0.1, 0.15) is 84.0 Å². The molecule has 3 aliphatic rings. The van der Waals surface area contributed by atoms with Gasteiger partial charge in [-0.1, -0.05) is 25.1 Å². The van der Waals surface area contributed by atoms with E-state index in [1.165, 1.54) is 48.9 Å². The zero-order valence-electron chi connectivity index (χ0n) is 23.0. The molecular formula is C32H34N2O6S. The molecule has 1 heterocycles. The van der Waals surface area contributed by atoms with Gasteiger partial charge in [-0.25, -0.2) is 8.42 Å².